The van der Waals surface area contributed by atoms with Crippen molar-refractivity contribution in [3.63, 3.8) is 0 Å². The molecule has 230 valence electrons. The Hall–Kier alpha value is -5.50. The van der Waals surface area contributed by atoms with Crippen molar-refractivity contribution in [1.29, 1.82) is 0 Å². The van der Waals surface area contributed by atoms with Crippen LogP contribution in [-0.4, -0.2) is 0 Å². The van der Waals surface area contributed by atoms with Crippen LogP contribution in [0, 0.1) is 0 Å². The molecule has 1 unspecified atom stereocenters. The summed E-state index contributed by atoms with van der Waals surface area (Å²) in [5, 5.41) is 2.58. The third kappa shape index (κ3) is 8.21. The summed E-state index contributed by atoms with van der Waals surface area (Å²) in [5.41, 5.74) is 17.1. The highest BCUT2D eigenvalue weighted by Crippen LogP contribution is 2.35. The van der Waals surface area contributed by atoms with Gasteiger partial charge in [0.15, 0.2) is 0 Å². The molecular formula is C46H41N. The van der Waals surface area contributed by atoms with Crippen molar-refractivity contribution in [2.45, 2.75) is 25.8 Å². The van der Waals surface area contributed by atoms with Crippen molar-refractivity contribution in [2.24, 2.45) is 5.73 Å². The standard InChI is InChI=1S/C38H30.C8H11N/c1-4-12-29(13-5-1)20-27-36(31-16-8-3-9-17-31)33-21-24-34(25-22-33)38-35(28-30-14-6-2-7-15-30)26-23-32-18-10-11-19-37(32)38;1-7(9)8-5-3-2-4-6-8/h1-19,21-27H,20,28H2;2-7H,9H2,1H3/b36-27-;. The summed E-state index contributed by atoms with van der Waals surface area (Å²) in [7, 11) is 0. The van der Waals surface area contributed by atoms with E-state index in [0.717, 1.165) is 12.8 Å². The number of fused-ring (bicyclic) bond motifs is 1. The Morgan fingerprint density at radius 2 is 1.06 bits per heavy atom. The van der Waals surface area contributed by atoms with Crippen LogP contribution in [0.25, 0.3) is 27.5 Å². The molecule has 1 atom stereocenters. The highest BCUT2D eigenvalue weighted by Gasteiger charge is 2.12. The molecule has 0 aliphatic heterocycles. The Kier molecular flexibility index (Phi) is 10.5. The number of allylic oxidation sites excluding steroid dienone is 1. The zero-order chi connectivity index (χ0) is 32.3. The van der Waals surface area contributed by atoms with Gasteiger partial charge in [-0.1, -0.05) is 188 Å². The Bertz CT molecular complexity index is 2010. The zero-order valence-electron chi connectivity index (χ0n) is 27.0. The van der Waals surface area contributed by atoms with Crippen LogP contribution in [0.2, 0.25) is 0 Å². The summed E-state index contributed by atoms with van der Waals surface area (Å²) in [6.45, 7) is 1.98. The molecule has 0 fully saturated rings. The van der Waals surface area contributed by atoms with E-state index in [0.29, 0.717) is 0 Å². The van der Waals surface area contributed by atoms with Crippen molar-refractivity contribution < 1.29 is 0 Å². The van der Waals surface area contributed by atoms with Crippen LogP contribution < -0.4 is 5.73 Å². The summed E-state index contributed by atoms with van der Waals surface area (Å²) in [6, 6.07) is 64.8. The van der Waals surface area contributed by atoms with Gasteiger partial charge in [-0.15, -0.1) is 0 Å². The monoisotopic (exact) mass is 607 g/mol. The fourth-order valence-electron chi connectivity index (χ4n) is 6.05. The van der Waals surface area contributed by atoms with Gasteiger partial charge in [-0.05, 0) is 80.6 Å². The SMILES string of the molecule is C(/Cc1ccccc1)=C(\c1ccccc1)c1ccc(-c2c(Cc3ccccc3)ccc3ccccc23)cc1.CC(N)c1ccccc1. The summed E-state index contributed by atoms with van der Waals surface area (Å²) in [4.78, 5) is 0. The number of nitrogens with two attached hydrogens (primary N) is 1. The van der Waals surface area contributed by atoms with Crippen LogP contribution in [0.15, 0.2) is 188 Å². The van der Waals surface area contributed by atoms with Crippen molar-refractivity contribution in [3.8, 4) is 11.1 Å². The molecule has 7 rings (SSSR count). The normalized spacial score (nSPS) is 11.8. The van der Waals surface area contributed by atoms with Crippen LogP contribution >= 0.6 is 0 Å². The van der Waals surface area contributed by atoms with Crippen LogP contribution in [0.3, 0.4) is 0 Å². The summed E-state index contributed by atoms with van der Waals surface area (Å²) in [6.07, 6.45) is 4.17. The molecule has 0 radical (unpaired) electrons. The van der Waals surface area contributed by atoms with Crippen molar-refractivity contribution in [1.82, 2.24) is 0 Å². The van der Waals surface area contributed by atoms with Gasteiger partial charge in [0.05, 0.1) is 0 Å². The van der Waals surface area contributed by atoms with E-state index in [2.05, 4.69) is 158 Å². The van der Waals surface area contributed by atoms with E-state index in [1.165, 1.54) is 60.9 Å². The molecule has 0 aromatic heterocycles. The maximum Gasteiger partial charge on any atom is 0.0266 e. The number of rotatable bonds is 8. The van der Waals surface area contributed by atoms with Crippen LogP contribution in [0.4, 0.5) is 0 Å². The molecule has 0 spiro atoms. The Morgan fingerprint density at radius 3 is 1.68 bits per heavy atom. The lowest BCUT2D eigenvalue weighted by Gasteiger charge is -2.15. The second-order valence-corrected chi connectivity index (χ2v) is 11.9. The van der Waals surface area contributed by atoms with E-state index in [4.69, 9.17) is 5.73 Å². The smallest absolute Gasteiger partial charge is 0.0266 e. The van der Waals surface area contributed by atoms with Crippen molar-refractivity contribution >= 4 is 16.3 Å². The molecule has 0 amide bonds. The zero-order valence-corrected chi connectivity index (χ0v) is 27.0. The number of benzene rings is 7. The Morgan fingerprint density at radius 1 is 0.532 bits per heavy atom. The minimum absolute atomic E-state index is 0.159. The number of hydrogen-bond acceptors (Lipinski definition) is 1. The molecule has 7 aromatic rings. The Labute approximate surface area is 279 Å². The Balaban J connectivity index is 0.000000373. The van der Waals surface area contributed by atoms with Crippen LogP contribution in [-0.2, 0) is 12.8 Å². The largest absolute Gasteiger partial charge is 0.324 e. The molecule has 0 aliphatic rings. The first-order valence-corrected chi connectivity index (χ1v) is 16.4. The minimum Gasteiger partial charge on any atom is -0.324 e. The summed E-state index contributed by atoms with van der Waals surface area (Å²) in [5.74, 6) is 0. The molecule has 0 heterocycles. The first kappa shape index (κ1) is 31.5. The van der Waals surface area contributed by atoms with E-state index in [1.807, 2.05) is 37.3 Å². The van der Waals surface area contributed by atoms with Gasteiger partial charge in [-0.3, -0.25) is 0 Å². The van der Waals surface area contributed by atoms with Crippen LogP contribution in [0.1, 0.15) is 46.3 Å². The molecule has 2 N–H and O–H groups in total. The summed E-state index contributed by atoms with van der Waals surface area (Å²) >= 11 is 0. The maximum atomic E-state index is 5.61. The average Bonchev–Trinajstić information content (AvgIpc) is 3.14. The molecule has 7 aromatic carbocycles. The van der Waals surface area contributed by atoms with Gasteiger partial charge in [-0.25, -0.2) is 0 Å². The lowest BCUT2D eigenvalue weighted by molar-refractivity contribution is 0.818. The van der Waals surface area contributed by atoms with Gasteiger partial charge < -0.3 is 5.73 Å². The fourth-order valence-corrected chi connectivity index (χ4v) is 6.05. The third-order valence-electron chi connectivity index (χ3n) is 8.53. The molecule has 1 nitrogen and oxygen atoms in total. The van der Waals surface area contributed by atoms with E-state index in [9.17, 15) is 0 Å². The first-order valence-electron chi connectivity index (χ1n) is 16.4. The van der Waals surface area contributed by atoms with E-state index < -0.39 is 0 Å². The first-order chi connectivity index (χ1) is 23.2. The third-order valence-corrected chi connectivity index (χ3v) is 8.53. The lowest BCUT2D eigenvalue weighted by atomic mass is 9.88. The van der Waals surface area contributed by atoms with Crippen LogP contribution in [0.5, 0.6) is 0 Å². The molecule has 1 heteroatoms. The maximum absolute atomic E-state index is 5.61. The van der Waals surface area contributed by atoms with Gasteiger partial charge in [0.2, 0.25) is 0 Å². The molecule has 0 aliphatic carbocycles. The van der Waals surface area contributed by atoms with E-state index in [1.54, 1.807) is 0 Å². The fraction of sp³-hybridized carbons (Fsp3) is 0.0870. The molecule has 0 saturated carbocycles. The molecule has 0 bridgehead atoms. The predicted octanol–water partition coefficient (Wildman–Crippen LogP) is 11.5. The van der Waals surface area contributed by atoms with Gasteiger partial charge in [-0.2, -0.15) is 0 Å². The van der Waals surface area contributed by atoms with Crippen molar-refractivity contribution in [3.05, 3.63) is 221 Å². The quantitative estimate of drug-likeness (QED) is 0.183. The van der Waals surface area contributed by atoms with Gasteiger partial charge >= 0.3 is 0 Å². The van der Waals surface area contributed by atoms with E-state index in [-0.39, 0.29) is 6.04 Å². The highest BCUT2D eigenvalue weighted by molar-refractivity contribution is 5.98. The van der Waals surface area contributed by atoms with E-state index >= 15 is 0 Å². The second kappa shape index (κ2) is 15.7. The topological polar surface area (TPSA) is 26.0 Å². The predicted molar refractivity (Wildman–Crippen MR) is 201 cm³/mol. The molecular weight excluding hydrogens is 567 g/mol. The molecule has 0 saturated heterocycles. The van der Waals surface area contributed by atoms with Gasteiger partial charge in [0.25, 0.3) is 0 Å². The average molecular weight is 608 g/mol. The second-order valence-electron chi connectivity index (χ2n) is 11.9. The lowest BCUT2D eigenvalue weighted by Crippen LogP contribution is -2.03. The number of hydrogen-bond donors (Lipinski definition) is 1. The highest BCUT2D eigenvalue weighted by atomic mass is 14.6. The van der Waals surface area contributed by atoms with Crippen molar-refractivity contribution in [2.75, 3.05) is 0 Å². The van der Waals surface area contributed by atoms with Gasteiger partial charge in [0, 0.05) is 6.04 Å². The molecule has 47 heavy (non-hydrogen) atoms. The van der Waals surface area contributed by atoms with Gasteiger partial charge in [0.1, 0.15) is 0 Å². The summed E-state index contributed by atoms with van der Waals surface area (Å²) < 4.78 is 0. The minimum atomic E-state index is 0.159.